The SMILES string of the molecule is CCC(Sc1cccc(NC(=O)CCC(=O)O)c1)C(=O)Nc1nccs1. The van der Waals surface area contributed by atoms with Crippen LogP contribution >= 0.6 is 23.1 Å². The first-order chi connectivity index (χ1) is 12.5. The summed E-state index contributed by atoms with van der Waals surface area (Å²) in [5.74, 6) is -1.49. The number of rotatable bonds is 9. The van der Waals surface area contributed by atoms with Gasteiger partial charge in [-0.25, -0.2) is 4.98 Å². The zero-order chi connectivity index (χ0) is 18.9. The van der Waals surface area contributed by atoms with E-state index in [1.165, 1.54) is 23.1 Å². The van der Waals surface area contributed by atoms with E-state index in [1.807, 2.05) is 13.0 Å². The van der Waals surface area contributed by atoms with Gasteiger partial charge in [0.15, 0.2) is 5.13 Å². The lowest BCUT2D eigenvalue weighted by Gasteiger charge is -2.14. The Morgan fingerprint density at radius 2 is 2.08 bits per heavy atom. The van der Waals surface area contributed by atoms with Gasteiger partial charge in [0.1, 0.15) is 0 Å². The Labute approximate surface area is 159 Å². The summed E-state index contributed by atoms with van der Waals surface area (Å²) in [4.78, 5) is 39.5. The van der Waals surface area contributed by atoms with Crippen LogP contribution < -0.4 is 10.6 Å². The van der Waals surface area contributed by atoms with Crippen molar-refractivity contribution in [2.24, 2.45) is 0 Å². The van der Waals surface area contributed by atoms with E-state index in [-0.39, 0.29) is 29.9 Å². The molecule has 1 aromatic heterocycles. The summed E-state index contributed by atoms with van der Waals surface area (Å²) < 4.78 is 0. The van der Waals surface area contributed by atoms with Crippen molar-refractivity contribution in [2.45, 2.75) is 36.3 Å². The maximum absolute atomic E-state index is 12.4. The third-order valence-electron chi connectivity index (χ3n) is 3.29. The standard InChI is InChI=1S/C17H19N3O4S2/c1-2-13(16(24)20-17-18-8-9-25-17)26-12-5-3-4-11(10-12)19-14(21)6-7-15(22)23/h3-5,8-10,13H,2,6-7H2,1H3,(H,19,21)(H,22,23)(H,18,20,24). The van der Waals surface area contributed by atoms with Crippen LogP contribution in [0.1, 0.15) is 26.2 Å². The molecule has 0 bridgehead atoms. The molecule has 2 rings (SSSR count). The van der Waals surface area contributed by atoms with Gasteiger partial charge in [-0.1, -0.05) is 13.0 Å². The molecule has 0 saturated heterocycles. The molecule has 0 saturated carbocycles. The lowest BCUT2D eigenvalue weighted by Crippen LogP contribution is -2.24. The minimum Gasteiger partial charge on any atom is -0.481 e. The molecular weight excluding hydrogens is 374 g/mol. The number of hydrogen-bond acceptors (Lipinski definition) is 6. The van der Waals surface area contributed by atoms with Crippen molar-refractivity contribution in [1.82, 2.24) is 4.98 Å². The van der Waals surface area contributed by atoms with E-state index in [0.717, 1.165) is 4.90 Å². The first-order valence-corrected chi connectivity index (χ1v) is 9.72. The second-order valence-corrected chi connectivity index (χ2v) is 7.48. The second kappa shape index (κ2) is 9.93. The number of carbonyl (C=O) groups excluding carboxylic acids is 2. The minimum absolute atomic E-state index is 0.0828. The van der Waals surface area contributed by atoms with Crippen LogP contribution in [0, 0.1) is 0 Å². The number of carbonyl (C=O) groups is 3. The summed E-state index contributed by atoms with van der Waals surface area (Å²) in [5.41, 5.74) is 0.570. The Morgan fingerprint density at radius 1 is 1.27 bits per heavy atom. The number of carboxylic acid groups (broad SMARTS) is 1. The number of aliphatic carboxylic acids is 1. The normalized spacial score (nSPS) is 11.6. The number of carboxylic acids is 1. The maximum Gasteiger partial charge on any atom is 0.303 e. The van der Waals surface area contributed by atoms with Crippen molar-refractivity contribution in [2.75, 3.05) is 10.6 Å². The summed E-state index contributed by atoms with van der Waals surface area (Å²) in [7, 11) is 0. The third kappa shape index (κ3) is 6.49. The van der Waals surface area contributed by atoms with Crippen molar-refractivity contribution in [3.05, 3.63) is 35.8 Å². The number of anilines is 2. The van der Waals surface area contributed by atoms with Gasteiger partial charge in [0.2, 0.25) is 11.8 Å². The Bertz CT molecular complexity index is 765. The Hall–Kier alpha value is -2.39. The van der Waals surface area contributed by atoms with E-state index < -0.39 is 5.97 Å². The van der Waals surface area contributed by atoms with E-state index in [0.29, 0.717) is 17.2 Å². The molecule has 3 N–H and O–H groups in total. The Balaban J connectivity index is 1.96. The predicted octanol–water partition coefficient (Wildman–Crippen LogP) is 3.46. The molecule has 2 aromatic rings. The highest BCUT2D eigenvalue weighted by Crippen LogP contribution is 2.28. The van der Waals surface area contributed by atoms with Crippen LogP contribution in [-0.4, -0.2) is 33.1 Å². The molecule has 1 aromatic carbocycles. The maximum atomic E-state index is 12.4. The van der Waals surface area contributed by atoms with Gasteiger partial charge in [0, 0.05) is 28.6 Å². The lowest BCUT2D eigenvalue weighted by atomic mass is 10.2. The third-order valence-corrected chi connectivity index (χ3v) is 5.33. The minimum atomic E-state index is -1.01. The van der Waals surface area contributed by atoms with Crippen molar-refractivity contribution in [3.63, 3.8) is 0 Å². The quantitative estimate of drug-likeness (QED) is 0.563. The largest absolute Gasteiger partial charge is 0.481 e. The average molecular weight is 393 g/mol. The van der Waals surface area contributed by atoms with E-state index in [2.05, 4.69) is 15.6 Å². The molecule has 0 spiro atoms. The van der Waals surface area contributed by atoms with Crippen LogP contribution in [0.2, 0.25) is 0 Å². The van der Waals surface area contributed by atoms with Gasteiger partial charge in [-0.3, -0.25) is 14.4 Å². The van der Waals surface area contributed by atoms with E-state index in [9.17, 15) is 14.4 Å². The molecule has 2 amide bonds. The van der Waals surface area contributed by atoms with Gasteiger partial charge in [0.05, 0.1) is 11.7 Å². The lowest BCUT2D eigenvalue weighted by molar-refractivity contribution is -0.138. The highest BCUT2D eigenvalue weighted by Gasteiger charge is 2.19. The number of nitrogens with one attached hydrogen (secondary N) is 2. The molecule has 7 nitrogen and oxygen atoms in total. The predicted molar refractivity (Wildman–Crippen MR) is 103 cm³/mol. The fourth-order valence-corrected chi connectivity index (χ4v) is 3.59. The van der Waals surface area contributed by atoms with Crippen molar-refractivity contribution >= 4 is 51.7 Å². The molecule has 1 atom stereocenters. The van der Waals surface area contributed by atoms with Gasteiger partial charge < -0.3 is 15.7 Å². The van der Waals surface area contributed by atoms with Crippen molar-refractivity contribution in [1.29, 1.82) is 0 Å². The highest BCUT2D eigenvalue weighted by atomic mass is 32.2. The van der Waals surface area contributed by atoms with Gasteiger partial charge in [-0.2, -0.15) is 0 Å². The van der Waals surface area contributed by atoms with Gasteiger partial charge in [0.25, 0.3) is 0 Å². The summed E-state index contributed by atoms with van der Waals surface area (Å²) in [5, 5.41) is 16.1. The molecule has 138 valence electrons. The van der Waals surface area contributed by atoms with Crippen LogP contribution in [0.5, 0.6) is 0 Å². The molecule has 1 heterocycles. The first-order valence-electron chi connectivity index (χ1n) is 7.96. The molecular formula is C17H19N3O4S2. The smallest absolute Gasteiger partial charge is 0.303 e. The van der Waals surface area contributed by atoms with Crippen LogP contribution in [-0.2, 0) is 14.4 Å². The van der Waals surface area contributed by atoms with Crippen LogP contribution in [0.4, 0.5) is 10.8 Å². The van der Waals surface area contributed by atoms with Crippen LogP contribution in [0.25, 0.3) is 0 Å². The molecule has 9 heteroatoms. The number of nitrogens with zero attached hydrogens (tertiary/aromatic N) is 1. The van der Waals surface area contributed by atoms with Crippen molar-refractivity contribution < 1.29 is 19.5 Å². The molecule has 1 unspecified atom stereocenters. The summed E-state index contributed by atoms with van der Waals surface area (Å²) >= 11 is 2.76. The molecule has 26 heavy (non-hydrogen) atoms. The number of benzene rings is 1. The zero-order valence-electron chi connectivity index (χ0n) is 14.1. The topological polar surface area (TPSA) is 108 Å². The zero-order valence-corrected chi connectivity index (χ0v) is 15.7. The molecule has 0 aliphatic heterocycles. The molecule has 0 aliphatic carbocycles. The van der Waals surface area contributed by atoms with E-state index in [4.69, 9.17) is 5.11 Å². The van der Waals surface area contributed by atoms with E-state index >= 15 is 0 Å². The molecule has 0 fully saturated rings. The number of aromatic nitrogens is 1. The Morgan fingerprint density at radius 3 is 2.73 bits per heavy atom. The average Bonchev–Trinajstić information content (AvgIpc) is 3.11. The van der Waals surface area contributed by atoms with Crippen molar-refractivity contribution in [3.8, 4) is 0 Å². The van der Waals surface area contributed by atoms with E-state index in [1.54, 1.807) is 29.8 Å². The fraction of sp³-hybridized carbons (Fsp3) is 0.294. The number of hydrogen-bond donors (Lipinski definition) is 3. The van der Waals surface area contributed by atoms with Crippen LogP contribution in [0.3, 0.4) is 0 Å². The molecule has 0 radical (unpaired) electrons. The number of thiazole rings is 1. The fourth-order valence-electron chi connectivity index (χ4n) is 2.05. The number of amides is 2. The summed E-state index contributed by atoms with van der Waals surface area (Å²) in [6.45, 7) is 1.93. The summed E-state index contributed by atoms with van der Waals surface area (Å²) in [6, 6.07) is 7.12. The monoisotopic (exact) mass is 393 g/mol. The number of thioether (sulfide) groups is 1. The van der Waals surface area contributed by atoms with Gasteiger partial charge >= 0.3 is 5.97 Å². The van der Waals surface area contributed by atoms with Gasteiger partial charge in [-0.15, -0.1) is 23.1 Å². The second-order valence-electron chi connectivity index (χ2n) is 5.31. The highest BCUT2D eigenvalue weighted by molar-refractivity contribution is 8.00. The Kier molecular flexibility index (Phi) is 7.61. The summed E-state index contributed by atoms with van der Waals surface area (Å²) in [6.07, 6.45) is 1.97. The molecule has 0 aliphatic rings. The van der Waals surface area contributed by atoms with Crippen LogP contribution in [0.15, 0.2) is 40.7 Å². The first kappa shape index (κ1) is 19.9. The van der Waals surface area contributed by atoms with Gasteiger partial charge in [-0.05, 0) is 24.6 Å².